The minimum absolute atomic E-state index is 0.304. The average molecular weight is 250 g/mol. The van der Waals surface area contributed by atoms with Crippen molar-refractivity contribution in [2.45, 2.75) is 31.4 Å². The number of nitrogens with zero attached hydrogens (tertiary/aromatic N) is 4. The molecule has 8 nitrogen and oxygen atoms in total. The maximum atomic E-state index is 5.93. The molecular formula is C10H14N6O2. The summed E-state index contributed by atoms with van der Waals surface area (Å²) in [6.45, 7) is 0.405. The van der Waals surface area contributed by atoms with Crippen LogP contribution >= 0.6 is 0 Å². The molecule has 1 aliphatic carbocycles. The highest BCUT2D eigenvalue weighted by Gasteiger charge is 2.21. The van der Waals surface area contributed by atoms with E-state index in [1.54, 1.807) is 0 Å². The van der Waals surface area contributed by atoms with E-state index in [1.165, 1.54) is 12.6 Å². The number of nitrogens with two attached hydrogens (primary N) is 1. The molecule has 0 saturated heterocycles. The van der Waals surface area contributed by atoms with Crippen LogP contribution in [0.3, 0.4) is 0 Å². The first-order chi connectivity index (χ1) is 8.83. The van der Waals surface area contributed by atoms with E-state index < -0.39 is 0 Å². The maximum Gasteiger partial charge on any atom is 0.280 e. The molecule has 0 bridgehead atoms. The second-order valence-electron chi connectivity index (χ2n) is 4.31. The maximum absolute atomic E-state index is 5.93. The molecule has 1 fully saturated rings. The van der Waals surface area contributed by atoms with Crippen molar-refractivity contribution in [3.8, 4) is 11.6 Å². The Kier molecular flexibility index (Phi) is 3.03. The third-order valence-corrected chi connectivity index (χ3v) is 2.97. The summed E-state index contributed by atoms with van der Waals surface area (Å²) in [5, 5.41) is 13.8. The van der Waals surface area contributed by atoms with E-state index in [0.717, 1.165) is 12.8 Å². The monoisotopic (exact) mass is 250 g/mol. The standard InChI is InChI=1S/C10H14N6O2/c11-7(5-17-6-2-1-3-6)9-13-10(18-15-9)8-4-12-16-14-8/h4,6-7H,1-3,5,11H2,(H,12,14,16). The van der Waals surface area contributed by atoms with Crippen LogP contribution in [0.5, 0.6) is 0 Å². The van der Waals surface area contributed by atoms with Gasteiger partial charge in [0.15, 0.2) is 11.5 Å². The van der Waals surface area contributed by atoms with Crippen LogP contribution in [-0.4, -0.2) is 38.3 Å². The Morgan fingerprint density at radius 1 is 1.56 bits per heavy atom. The molecule has 2 aromatic heterocycles. The van der Waals surface area contributed by atoms with Gasteiger partial charge in [-0.15, -0.1) is 0 Å². The van der Waals surface area contributed by atoms with Gasteiger partial charge in [0, 0.05) is 0 Å². The van der Waals surface area contributed by atoms with Crippen LogP contribution in [0.25, 0.3) is 11.6 Å². The number of aromatic nitrogens is 5. The van der Waals surface area contributed by atoms with Gasteiger partial charge in [-0.05, 0) is 19.3 Å². The molecule has 0 spiro atoms. The van der Waals surface area contributed by atoms with Crippen molar-refractivity contribution in [1.82, 2.24) is 25.6 Å². The molecule has 0 aromatic carbocycles. The van der Waals surface area contributed by atoms with Gasteiger partial charge < -0.3 is 15.0 Å². The fourth-order valence-electron chi connectivity index (χ4n) is 1.65. The fraction of sp³-hybridized carbons (Fsp3) is 0.600. The first kappa shape index (κ1) is 11.3. The zero-order valence-electron chi connectivity index (χ0n) is 9.74. The Hall–Kier alpha value is -1.80. The van der Waals surface area contributed by atoms with Crippen molar-refractivity contribution in [3.63, 3.8) is 0 Å². The van der Waals surface area contributed by atoms with E-state index in [2.05, 4.69) is 25.6 Å². The van der Waals surface area contributed by atoms with Crippen LogP contribution in [0.4, 0.5) is 0 Å². The zero-order valence-corrected chi connectivity index (χ0v) is 9.74. The van der Waals surface area contributed by atoms with Gasteiger partial charge in [0.2, 0.25) is 0 Å². The van der Waals surface area contributed by atoms with Gasteiger partial charge in [0.1, 0.15) is 0 Å². The summed E-state index contributed by atoms with van der Waals surface area (Å²) in [6, 6.07) is -0.380. The number of hydrogen-bond acceptors (Lipinski definition) is 7. The predicted molar refractivity (Wildman–Crippen MR) is 60.2 cm³/mol. The molecule has 3 N–H and O–H groups in total. The molecular weight excluding hydrogens is 236 g/mol. The normalized spacial score (nSPS) is 17.6. The molecule has 1 unspecified atom stereocenters. The lowest BCUT2D eigenvalue weighted by molar-refractivity contribution is -0.00549. The van der Waals surface area contributed by atoms with Gasteiger partial charge in [0.25, 0.3) is 5.89 Å². The third kappa shape index (κ3) is 2.24. The topological polar surface area (TPSA) is 116 Å². The second-order valence-corrected chi connectivity index (χ2v) is 4.31. The van der Waals surface area contributed by atoms with E-state index in [9.17, 15) is 0 Å². The first-order valence-corrected chi connectivity index (χ1v) is 5.90. The minimum atomic E-state index is -0.380. The van der Waals surface area contributed by atoms with E-state index in [4.69, 9.17) is 15.0 Å². The highest BCUT2D eigenvalue weighted by molar-refractivity contribution is 5.42. The number of hydrogen-bond donors (Lipinski definition) is 2. The van der Waals surface area contributed by atoms with Crippen molar-refractivity contribution in [2.75, 3.05) is 6.61 Å². The molecule has 1 atom stereocenters. The molecule has 1 saturated carbocycles. The predicted octanol–water partition coefficient (Wildman–Crippen LogP) is 0.424. The van der Waals surface area contributed by atoms with Crippen LogP contribution in [0.1, 0.15) is 31.1 Å². The fourth-order valence-corrected chi connectivity index (χ4v) is 1.65. The summed E-state index contributed by atoms with van der Waals surface area (Å²) >= 11 is 0. The first-order valence-electron chi connectivity index (χ1n) is 5.90. The van der Waals surface area contributed by atoms with Gasteiger partial charge in [-0.2, -0.15) is 20.4 Å². The van der Waals surface area contributed by atoms with Gasteiger partial charge in [-0.25, -0.2) is 0 Å². The summed E-state index contributed by atoms with van der Waals surface area (Å²) in [6.07, 6.45) is 5.32. The lowest BCUT2D eigenvalue weighted by atomic mass is 9.96. The lowest BCUT2D eigenvalue weighted by Crippen LogP contribution is -2.27. The number of rotatable bonds is 5. The summed E-state index contributed by atoms with van der Waals surface area (Å²) in [5.41, 5.74) is 6.44. The van der Waals surface area contributed by atoms with Crippen molar-refractivity contribution in [3.05, 3.63) is 12.0 Å². The molecule has 0 radical (unpaired) electrons. The van der Waals surface area contributed by atoms with Crippen LogP contribution < -0.4 is 5.73 Å². The quantitative estimate of drug-likeness (QED) is 0.790. The largest absolute Gasteiger partial charge is 0.376 e. The molecule has 2 aromatic rings. The number of nitrogens with one attached hydrogen (secondary N) is 1. The highest BCUT2D eigenvalue weighted by Crippen LogP contribution is 2.23. The number of ether oxygens (including phenoxy) is 1. The van der Waals surface area contributed by atoms with Gasteiger partial charge in [0.05, 0.1) is 24.9 Å². The SMILES string of the molecule is NC(COC1CCC1)c1noc(-c2cn[nH]n2)n1. The molecule has 96 valence electrons. The second kappa shape index (κ2) is 4.83. The summed E-state index contributed by atoms with van der Waals surface area (Å²) < 4.78 is 10.7. The Bertz CT molecular complexity index is 492. The summed E-state index contributed by atoms with van der Waals surface area (Å²) in [5.74, 6) is 0.727. The smallest absolute Gasteiger partial charge is 0.280 e. The Morgan fingerprint density at radius 2 is 2.44 bits per heavy atom. The van der Waals surface area contributed by atoms with Crippen LogP contribution in [0.2, 0.25) is 0 Å². The Balaban J connectivity index is 1.61. The molecule has 8 heteroatoms. The van der Waals surface area contributed by atoms with Crippen molar-refractivity contribution in [2.24, 2.45) is 5.73 Å². The van der Waals surface area contributed by atoms with E-state index in [1.807, 2.05) is 0 Å². The van der Waals surface area contributed by atoms with Crippen LogP contribution in [0, 0.1) is 0 Å². The Morgan fingerprint density at radius 3 is 3.11 bits per heavy atom. The molecule has 2 heterocycles. The average Bonchev–Trinajstić information content (AvgIpc) is 2.97. The molecule has 0 aliphatic heterocycles. The van der Waals surface area contributed by atoms with E-state index in [0.29, 0.717) is 30.1 Å². The molecule has 0 amide bonds. The summed E-state index contributed by atoms with van der Waals surface area (Å²) in [4.78, 5) is 4.17. The van der Waals surface area contributed by atoms with Crippen LogP contribution in [0.15, 0.2) is 10.7 Å². The van der Waals surface area contributed by atoms with E-state index >= 15 is 0 Å². The third-order valence-electron chi connectivity index (χ3n) is 2.97. The van der Waals surface area contributed by atoms with E-state index in [-0.39, 0.29) is 6.04 Å². The number of aromatic amines is 1. The number of H-pyrrole nitrogens is 1. The van der Waals surface area contributed by atoms with Gasteiger partial charge in [-0.3, -0.25) is 0 Å². The minimum Gasteiger partial charge on any atom is -0.376 e. The van der Waals surface area contributed by atoms with Crippen molar-refractivity contribution in [1.29, 1.82) is 0 Å². The van der Waals surface area contributed by atoms with Crippen molar-refractivity contribution >= 4 is 0 Å². The molecule has 1 aliphatic rings. The Labute approximate surface area is 103 Å². The molecule has 3 rings (SSSR count). The van der Waals surface area contributed by atoms with Crippen molar-refractivity contribution < 1.29 is 9.26 Å². The van der Waals surface area contributed by atoms with Gasteiger partial charge in [-0.1, -0.05) is 5.16 Å². The highest BCUT2D eigenvalue weighted by atomic mass is 16.5. The molecule has 18 heavy (non-hydrogen) atoms. The zero-order chi connectivity index (χ0) is 12.4. The van der Waals surface area contributed by atoms with Gasteiger partial charge >= 0.3 is 0 Å². The summed E-state index contributed by atoms with van der Waals surface area (Å²) in [7, 11) is 0. The lowest BCUT2D eigenvalue weighted by Gasteiger charge is -2.26. The van der Waals surface area contributed by atoms with Crippen LogP contribution in [-0.2, 0) is 4.74 Å².